The second kappa shape index (κ2) is 7.75. The molecule has 0 unspecified atom stereocenters. The van der Waals surface area contributed by atoms with Crippen molar-refractivity contribution in [2.45, 2.75) is 18.7 Å². The monoisotopic (exact) mass is 426 g/mol. The van der Waals surface area contributed by atoms with Crippen molar-refractivity contribution in [3.8, 4) is 17.0 Å². The molecule has 9 heteroatoms. The summed E-state index contributed by atoms with van der Waals surface area (Å²) in [5.41, 5.74) is 2.65. The van der Waals surface area contributed by atoms with Crippen molar-refractivity contribution in [1.82, 2.24) is 14.4 Å². The molecule has 0 atom stereocenters. The van der Waals surface area contributed by atoms with Gasteiger partial charge in [0.1, 0.15) is 0 Å². The number of aromatic nitrogens is 3. The van der Waals surface area contributed by atoms with E-state index >= 15 is 0 Å². The molecule has 0 amide bonds. The van der Waals surface area contributed by atoms with Gasteiger partial charge in [-0.05, 0) is 50.2 Å². The highest BCUT2D eigenvalue weighted by Gasteiger charge is 2.18. The van der Waals surface area contributed by atoms with Gasteiger partial charge >= 0.3 is 0 Å². The van der Waals surface area contributed by atoms with Crippen LogP contribution in [0.4, 0.5) is 10.1 Å². The van der Waals surface area contributed by atoms with Gasteiger partial charge in [-0.15, -0.1) is 0 Å². The first kappa shape index (κ1) is 19.8. The Morgan fingerprint density at radius 2 is 2.00 bits per heavy atom. The van der Waals surface area contributed by atoms with E-state index in [-0.39, 0.29) is 17.3 Å². The van der Waals surface area contributed by atoms with Gasteiger partial charge in [-0.2, -0.15) is 0 Å². The first-order valence-corrected chi connectivity index (χ1v) is 10.7. The summed E-state index contributed by atoms with van der Waals surface area (Å²) >= 11 is 0. The molecule has 30 heavy (non-hydrogen) atoms. The molecule has 0 bridgehead atoms. The topological polar surface area (TPSA) is 85.6 Å². The lowest BCUT2D eigenvalue weighted by Gasteiger charge is -2.11. The maximum Gasteiger partial charge on any atom is 0.262 e. The van der Waals surface area contributed by atoms with Gasteiger partial charge < -0.3 is 4.74 Å². The summed E-state index contributed by atoms with van der Waals surface area (Å²) < 4.78 is 49.0. The first-order valence-electron chi connectivity index (χ1n) is 9.24. The van der Waals surface area contributed by atoms with Crippen molar-refractivity contribution in [2.75, 3.05) is 11.3 Å². The number of aryl methyl sites for hydroxylation is 1. The summed E-state index contributed by atoms with van der Waals surface area (Å²) in [6, 6.07) is 12.2. The quantitative estimate of drug-likeness (QED) is 0.503. The molecule has 4 aromatic rings. The molecule has 2 heterocycles. The van der Waals surface area contributed by atoms with Crippen molar-refractivity contribution in [3.63, 3.8) is 0 Å². The molecule has 7 nitrogen and oxygen atoms in total. The molecule has 2 aromatic carbocycles. The highest BCUT2D eigenvalue weighted by atomic mass is 32.2. The molecular formula is C21H19FN4O3S. The molecule has 0 saturated heterocycles. The van der Waals surface area contributed by atoms with E-state index in [1.165, 1.54) is 12.1 Å². The second-order valence-corrected chi connectivity index (χ2v) is 8.23. The fourth-order valence-electron chi connectivity index (χ4n) is 3.14. The standard InChI is InChI=1S/C21H19FN4O3S/c1-3-29-19-9-8-17(13-18(19)22)30(27,28)25-16-7-4-6-15(12-16)20-14(2)26-11-5-10-23-21(26)24-20/h4-13,25H,3H2,1-2H3. The number of nitrogens with one attached hydrogen (secondary N) is 1. The molecule has 0 saturated carbocycles. The zero-order chi connectivity index (χ0) is 21.3. The van der Waals surface area contributed by atoms with E-state index in [9.17, 15) is 12.8 Å². The maximum absolute atomic E-state index is 14.1. The number of benzene rings is 2. The third-order valence-electron chi connectivity index (χ3n) is 4.54. The molecule has 0 aliphatic heterocycles. The number of hydrogen-bond acceptors (Lipinski definition) is 5. The van der Waals surface area contributed by atoms with Crippen molar-refractivity contribution in [2.24, 2.45) is 0 Å². The summed E-state index contributed by atoms with van der Waals surface area (Å²) in [6.45, 7) is 3.92. The Hall–Kier alpha value is -3.46. The lowest BCUT2D eigenvalue weighted by atomic mass is 10.1. The fraction of sp³-hybridized carbons (Fsp3) is 0.143. The third kappa shape index (κ3) is 3.71. The molecule has 154 valence electrons. The Kier molecular flexibility index (Phi) is 5.13. The van der Waals surface area contributed by atoms with E-state index in [2.05, 4.69) is 14.7 Å². The molecule has 0 radical (unpaired) electrons. The van der Waals surface area contributed by atoms with Crippen molar-refractivity contribution < 1.29 is 17.5 Å². The number of nitrogens with zero attached hydrogens (tertiary/aromatic N) is 3. The minimum absolute atomic E-state index is 0.00869. The number of anilines is 1. The average molecular weight is 426 g/mol. The number of imidazole rings is 1. The number of halogens is 1. The predicted molar refractivity (Wildman–Crippen MR) is 112 cm³/mol. The van der Waals surface area contributed by atoms with Gasteiger partial charge in [0.05, 0.1) is 17.2 Å². The van der Waals surface area contributed by atoms with Gasteiger partial charge in [-0.25, -0.2) is 22.8 Å². The van der Waals surface area contributed by atoms with Crippen LogP contribution >= 0.6 is 0 Å². The van der Waals surface area contributed by atoms with Crippen LogP contribution in [0.3, 0.4) is 0 Å². The van der Waals surface area contributed by atoms with Gasteiger partial charge in [0.15, 0.2) is 11.6 Å². The minimum Gasteiger partial charge on any atom is -0.491 e. The fourth-order valence-corrected chi connectivity index (χ4v) is 4.20. The van der Waals surface area contributed by atoms with Crippen molar-refractivity contribution in [1.29, 1.82) is 0 Å². The largest absolute Gasteiger partial charge is 0.491 e. The summed E-state index contributed by atoms with van der Waals surface area (Å²) in [7, 11) is -3.98. The molecule has 0 aliphatic carbocycles. The van der Waals surface area contributed by atoms with E-state index in [4.69, 9.17) is 4.74 Å². The minimum atomic E-state index is -3.98. The van der Waals surface area contributed by atoms with Crippen LogP contribution in [0, 0.1) is 12.7 Å². The molecule has 4 rings (SSSR count). The molecule has 0 spiro atoms. The predicted octanol–water partition coefficient (Wildman–Crippen LogP) is 4.04. The number of ether oxygens (including phenoxy) is 1. The molecule has 1 N–H and O–H groups in total. The van der Waals surface area contributed by atoms with Crippen molar-refractivity contribution >= 4 is 21.5 Å². The van der Waals surface area contributed by atoms with Gasteiger partial charge in [0.25, 0.3) is 10.0 Å². The van der Waals surface area contributed by atoms with E-state index in [1.54, 1.807) is 31.3 Å². The maximum atomic E-state index is 14.1. The SMILES string of the molecule is CCOc1ccc(S(=O)(=O)Nc2cccc(-c3nc4ncccn4c3C)c2)cc1F. The van der Waals surface area contributed by atoms with Gasteiger partial charge in [0.2, 0.25) is 5.78 Å². The lowest BCUT2D eigenvalue weighted by Crippen LogP contribution is -2.13. The first-order chi connectivity index (χ1) is 14.4. The van der Waals surface area contributed by atoms with Crippen LogP contribution in [0.5, 0.6) is 5.75 Å². The lowest BCUT2D eigenvalue weighted by molar-refractivity contribution is 0.321. The Bertz CT molecular complexity index is 1340. The Morgan fingerprint density at radius 1 is 1.17 bits per heavy atom. The second-order valence-electron chi connectivity index (χ2n) is 6.55. The molecular weight excluding hydrogens is 407 g/mol. The Labute approximate surface area is 173 Å². The number of rotatable bonds is 6. The van der Waals surface area contributed by atoms with Gasteiger partial charge in [-0.3, -0.25) is 9.12 Å². The number of sulfonamides is 1. The van der Waals surface area contributed by atoms with E-state index < -0.39 is 15.8 Å². The van der Waals surface area contributed by atoms with Crippen molar-refractivity contribution in [3.05, 3.63) is 72.4 Å². The molecule has 0 aliphatic rings. The molecule has 0 fully saturated rings. The summed E-state index contributed by atoms with van der Waals surface area (Å²) in [4.78, 5) is 8.57. The summed E-state index contributed by atoms with van der Waals surface area (Å²) in [5, 5.41) is 0. The van der Waals surface area contributed by atoms with E-state index in [0.717, 1.165) is 17.3 Å². The molecule has 2 aromatic heterocycles. The summed E-state index contributed by atoms with van der Waals surface area (Å²) in [5.74, 6) is -0.170. The van der Waals surface area contributed by atoms with E-state index in [0.29, 0.717) is 17.2 Å². The van der Waals surface area contributed by atoms with Crippen LogP contribution in [0.15, 0.2) is 65.8 Å². The highest BCUT2D eigenvalue weighted by molar-refractivity contribution is 7.92. The highest BCUT2D eigenvalue weighted by Crippen LogP contribution is 2.27. The van der Waals surface area contributed by atoms with Gasteiger partial charge in [-0.1, -0.05) is 12.1 Å². The van der Waals surface area contributed by atoms with Gasteiger partial charge in [0, 0.05) is 29.3 Å². The summed E-state index contributed by atoms with van der Waals surface area (Å²) in [6.07, 6.45) is 3.52. The van der Waals surface area contributed by atoms with Crippen LogP contribution in [0.1, 0.15) is 12.6 Å². The van der Waals surface area contributed by atoms with Crippen LogP contribution in [-0.4, -0.2) is 29.4 Å². The smallest absolute Gasteiger partial charge is 0.262 e. The number of fused-ring (bicyclic) bond motifs is 1. The normalized spacial score (nSPS) is 11.6. The average Bonchev–Trinajstić information content (AvgIpc) is 3.06. The zero-order valence-electron chi connectivity index (χ0n) is 16.3. The van der Waals surface area contributed by atoms with Crippen LogP contribution in [0.2, 0.25) is 0 Å². The van der Waals surface area contributed by atoms with Crippen LogP contribution < -0.4 is 9.46 Å². The van der Waals surface area contributed by atoms with Crippen LogP contribution in [-0.2, 0) is 10.0 Å². The zero-order valence-corrected chi connectivity index (χ0v) is 17.1. The third-order valence-corrected chi connectivity index (χ3v) is 5.92. The van der Waals surface area contributed by atoms with E-state index in [1.807, 2.05) is 29.7 Å². The Morgan fingerprint density at radius 3 is 2.73 bits per heavy atom. The Balaban J connectivity index is 1.65. The van der Waals surface area contributed by atoms with Crippen LogP contribution in [0.25, 0.3) is 17.0 Å². The number of hydrogen-bond donors (Lipinski definition) is 1.